The predicted molar refractivity (Wildman–Crippen MR) is 91.2 cm³/mol. The lowest BCUT2D eigenvalue weighted by molar-refractivity contribution is -0.137. The van der Waals surface area contributed by atoms with Gasteiger partial charge in [0.1, 0.15) is 0 Å². The maximum atomic E-state index is 12.9. The van der Waals surface area contributed by atoms with Gasteiger partial charge >= 0.3 is 6.18 Å². The van der Waals surface area contributed by atoms with E-state index in [9.17, 15) is 21.6 Å². The van der Waals surface area contributed by atoms with Gasteiger partial charge in [0.25, 0.3) is 10.0 Å². The van der Waals surface area contributed by atoms with E-state index in [0.717, 1.165) is 11.5 Å². The maximum Gasteiger partial charge on any atom is 0.416 e. The lowest BCUT2D eigenvalue weighted by Crippen LogP contribution is -2.15. The van der Waals surface area contributed by atoms with Crippen LogP contribution in [-0.4, -0.2) is 8.42 Å². The quantitative estimate of drug-likeness (QED) is 0.663. The maximum absolute atomic E-state index is 12.9. The van der Waals surface area contributed by atoms with E-state index < -0.39 is 26.7 Å². The highest BCUT2D eigenvalue weighted by molar-refractivity contribution is 7.92. The van der Waals surface area contributed by atoms with Crippen LogP contribution in [-0.2, 0) is 16.2 Å². The third-order valence-corrected chi connectivity index (χ3v) is 5.11. The summed E-state index contributed by atoms with van der Waals surface area (Å²) in [5.41, 5.74) is -0.857. The van der Waals surface area contributed by atoms with Gasteiger partial charge in [0.15, 0.2) is 0 Å². The summed E-state index contributed by atoms with van der Waals surface area (Å²) in [4.78, 5) is -0.555. The summed E-state index contributed by atoms with van der Waals surface area (Å²) in [5, 5.41) is 1.12. The molecule has 0 saturated carbocycles. The summed E-state index contributed by atoms with van der Waals surface area (Å²) >= 11 is 5.67. The van der Waals surface area contributed by atoms with E-state index in [4.69, 9.17) is 11.6 Å². The molecule has 0 aliphatic rings. The number of fused-ring (bicyclic) bond motifs is 1. The van der Waals surface area contributed by atoms with E-state index in [1.165, 1.54) is 6.07 Å². The number of nitrogens with one attached hydrogen (secondary N) is 1. The van der Waals surface area contributed by atoms with Gasteiger partial charge in [0, 0.05) is 10.4 Å². The molecule has 0 saturated heterocycles. The molecule has 0 aliphatic carbocycles. The minimum Gasteiger partial charge on any atom is -0.279 e. The van der Waals surface area contributed by atoms with Gasteiger partial charge in [0.2, 0.25) is 0 Å². The molecule has 0 radical (unpaired) electrons. The van der Waals surface area contributed by atoms with Gasteiger partial charge in [-0.3, -0.25) is 4.72 Å². The van der Waals surface area contributed by atoms with Crippen molar-refractivity contribution in [3.8, 4) is 0 Å². The van der Waals surface area contributed by atoms with Crippen molar-refractivity contribution in [1.29, 1.82) is 0 Å². The minimum atomic E-state index is -4.70. The Hall–Kier alpha value is -2.25. The number of sulfonamides is 1. The molecule has 0 unspecified atom stereocenters. The van der Waals surface area contributed by atoms with Gasteiger partial charge < -0.3 is 0 Å². The molecular formula is C17H11ClF3NO2S. The fourth-order valence-corrected chi connectivity index (χ4v) is 3.85. The van der Waals surface area contributed by atoms with Crippen molar-refractivity contribution in [3.05, 3.63) is 71.2 Å². The van der Waals surface area contributed by atoms with E-state index >= 15 is 0 Å². The molecule has 0 aromatic heterocycles. The molecular weight excluding hydrogens is 375 g/mol. The third kappa shape index (κ3) is 3.72. The van der Waals surface area contributed by atoms with Gasteiger partial charge in [-0.2, -0.15) is 13.2 Å². The average Bonchev–Trinajstić information content (AvgIpc) is 2.53. The van der Waals surface area contributed by atoms with E-state index in [1.54, 1.807) is 36.4 Å². The summed E-state index contributed by atoms with van der Waals surface area (Å²) in [6, 6.07) is 14.2. The number of anilines is 1. The van der Waals surface area contributed by atoms with Crippen LogP contribution in [0.5, 0.6) is 0 Å². The Labute approximate surface area is 147 Å². The smallest absolute Gasteiger partial charge is 0.279 e. The van der Waals surface area contributed by atoms with Crippen molar-refractivity contribution in [3.63, 3.8) is 0 Å². The van der Waals surface area contributed by atoms with Crippen LogP contribution in [0.1, 0.15) is 5.56 Å². The molecule has 3 nitrogen and oxygen atoms in total. The summed E-state index contributed by atoms with van der Waals surface area (Å²) in [5.74, 6) is 0. The van der Waals surface area contributed by atoms with E-state index in [1.807, 2.05) is 0 Å². The highest BCUT2D eigenvalue weighted by Gasteiger charge is 2.32. The number of benzene rings is 3. The Morgan fingerprint density at radius 3 is 2.32 bits per heavy atom. The van der Waals surface area contributed by atoms with E-state index in [2.05, 4.69) is 4.72 Å². The molecule has 0 bridgehead atoms. The molecule has 0 amide bonds. The Kier molecular flexibility index (Phi) is 4.38. The largest absolute Gasteiger partial charge is 0.416 e. The van der Waals surface area contributed by atoms with Crippen LogP contribution < -0.4 is 4.72 Å². The topological polar surface area (TPSA) is 46.2 Å². The normalized spacial score (nSPS) is 12.3. The van der Waals surface area contributed by atoms with Crippen LogP contribution in [0.25, 0.3) is 10.8 Å². The first-order chi connectivity index (χ1) is 11.7. The van der Waals surface area contributed by atoms with Crippen molar-refractivity contribution in [1.82, 2.24) is 0 Å². The van der Waals surface area contributed by atoms with Crippen molar-refractivity contribution in [2.45, 2.75) is 11.1 Å². The second-order valence-corrected chi connectivity index (χ2v) is 7.42. The van der Waals surface area contributed by atoms with Crippen LogP contribution in [0.4, 0.5) is 18.9 Å². The molecule has 1 N–H and O–H groups in total. The minimum absolute atomic E-state index is 0.270. The SMILES string of the molecule is O=S(=O)(Nc1cccc2ccccc12)c1cc(Cl)cc(C(F)(F)F)c1. The lowest BCUT2D eigenvalue weighted by Gasteiger charge is -2.13. The van der Waals surface area contributed by atoms with Gasteiger partial charge in [-0.1, -0.05) is 48.0 Å². The zero-order chi connectivity index (χ0) is 18.2. The van der Waals surface area contributed by atoms with Crippen LogP contribution in [0, 0.1) is 0 Å². The summed E-state index contributed by atoms with van der Waals surface area (Å²) in [6.45, 7) is 0. The zero-order valence-corrected chi connectivity index (χ0v) is 14.1. The number of hydrogen-bond donors (Lipinski definition) is 1. The highest BCUT2D eigenvalue weighted by atomic mass is 35.5. The molecule has 0 aliphatic heterocycles. The molecule has 25 heavy (non-hydrogen) atoms. The van der Waals surface area contributed by atoms with Crippen molar-refractivity contribution in [2.24, 2.45) is 0 Å². The second kappa shape index (κ2) is 6.24. The second-order valence-electron chi connectivity index (χ2n) is 5.31. The Morgan fingerprint density at radius 1 is 0.920 bits per heavy atom. The summed E-state index contributed by atoms with van der Waals surface area (Å²) < 4.78 is 66.1. The lowest BCUT2D eigenvalue weighted by atomic mass is 10.1. The van der Waals surface area contributed by atoms with E-state index in [0.29, 0.717) is 17.5 Å². The first-order valence-electron chi connectivity index (χ1n) is 7.05. The molecule has 0 atom stereocenters. The summed E-state index contributed by atoms with van der Waals surface area (Å²) in [7, 11) is -4.24. The summed E-state index contributed by atoms with van der Waals surface area (Å²) in [6.07, 6.45) is -4.70. The van der Waals surface area contributed by atoms with Gasteiger partial charge in [0.05, 0.1) is 16.1 Å². The monoisotopic (exact) mass is 385 g/mol. The van der Waals surface area contributed by atoms with E-state index in [-0.39, 0.29) is 10.7 Å². The number of alkyl halides is 3. The molecule has 3 aromatic carbocycles. The fourth-order valence-electron chi connectivity index (χ4n) is 2.40. The zero-order valence-electron chi connectivity index (χ0n) is 12.5. The van der Waals surface area contributed by atoms with Crippen LogP contribution in [0.15, 0.2) is 65.6 Å². The molecule has 130 valence electrons. The van der Waals surface area contributed by atoms with Gasteiger partial charge in [-0.25, -0.2) is 8.42 Å². The first kappa shape index (κ1) is 17.6. The molecule has 0 spiro atoms. The Morgan fingerprint density at radius 2 is 1.60 bits per heavy atom. The van der Waals surface area contributed by atoms with Gasteiger partial charge in [-0.15, -0.1) is 0 Å². The number of halogens is 4. The fraction of sp³-hybridized carbons (Fsp3) is 0.0588. The molecule has 3 rings (SSSR count). The average molecular weight is 386 g/mol. The first-order valence-corrected chi connectivity index (χ1v) is 8.91. The molecule has 0 fully saturated rings. The van der Waals surface area contributed by atoms with Crippen molar-refractivity contribution < 1.29 is 21.6 Å². The molecule has 0 heterocycles. The third-order valence-electron chi connectivity index (χ3n) is 3.54. The molecule has 8 heteroatoms. The Bertz CT molecular complexity index is 1040. The Balaban J connectivity index is 2.07. The number of rotatable bonds is 3. The number of hydrogen-bond acceptors (Lipinski definition) is 2. The molecule has 3 aromatic rings. The standard InChI is InChI=1S/C17H11ClF3NO2S/c18-13-8-12(17(19,20)21)9-14(10-13)25(23,24)22-16-7-3-5-11-4-1-2-6-15(11)16/h1-10,22H. The van der Waals surface area contributed by atoms with Crippen molar-refractivity contribution in [2.75, 3.05) is 4.72 Å². The van der Waals surface area contributed by atoms with Crippen LogP contribution >= 0.6 is 11.6 Å². The van der Waals surface area contributed by atoms with Crippen molar-refractivity contribution >= 4 is 38.1 Å². The predicted octanol–water partition coefficient (Wildman–Crippen LogP) is 5.31. The highest BCUT2D eigenvalue weighted by Crippen LogP contribution is 2.34. The van der Waals surface area contributed by atoms with Gasteiger partial charge in [-0.05, 0) is 29.7 Å². The van der Waals surface area contributed by atoms with Crippen LogP contribution in [0.2, 0.25) is 5.02 Å². The van der Waals surface area contributed by atoms with Crippen LogP contribution in [0.3, 0.4) is 0 Å².